The number of hydrogen-bond acceptors (Lipinski definition) is 10. The Hall–Kier alpha value is -1.60. The van der Waals surface area contributed by atoms with Gasteiger partial charge in [0.05, 0.1) is 25.4 Å². The fraction of sp³-hybridized carbons (Fsp3) is 0.947. The molecular formula is C76H147NO10. The summed E-state index contributed by atoms with van der Waals surface area (Å²) < 4.78 is 17.7. The summed E-state index contributed by atoms with van der Waals surface area (Å²) in [5.41, 5.74) is 0. The molecule has 0 aromatic heterocycles. The maximum atomic E-state index is 13.5. The zero-order valence-electron chi connectivity index (χ0n) is 57.7. The van der Waals surface area contributed by atoms with Gasteiger partial charge in [-0.25, -0.2) is 0 Å². The molecule has 11 heteroatoms. The SMILES string of the molecule is CCCCCCCCCCC/C=C/C(O)C(COC1OC(CO)C(O)C(O)C1OC(=O)CCCCCCCCCCCCCCCCCCCCCCCCCCCCC)NC(=O)C(O)CCCCCCCCCCCCCCCCCCCCCC. The average molecular weight is 1240 g/mol. The van der Waals surface area contributed by atoms with E-state index in [1.54, 1.807) is 6.08 Å². The van der Waals surface area contributed by atoms with E-state index in [0.29, 0.717) is 19.3 Å². The molecule has 1 heterocycles. The highest BCUT2D eigenvalue weighted by atomic mass is 16.7. The highest BCUT2D eigenvalue weighted by molar-refractivity contribution is 5.80. The second kappa shape index (κ2) is 64.5. The number of amides is 1. The summed E-state index contributed by atoms with van der Waals surface area (Å²) in [7, 11) is 0. The van der Waals surface area contributed by atoms with Crippen molar-refractivity contribution >= 4 is 11.9 Å². The lowest BCUT2D eigenvalue weighted by Gasteiger charge is -2.41. The van der Waals surface area contributed by atoms with Crippen molar-refractivity contribution in [1.29, 1.82) is 0 Å². The number of carbonyl (C=O) groups is 2. The van der Waals surface area contributed by atoms with Gasteiger partial charge in [0.2, 0.25) is 5.91 Å². The maximum Gasteiger partial charge on any atom is 0.306 e. The second-order valence-electron chi connectivity index (χ2n) is 27.1. The molecule has 0 saturated carbocycles. The van der Waals surface area contributed by atoms with Gasteiger partial charge in [-0.2, -0.15) is 0 Å². The molecule has 1 rings (SSSR count). The van der Waals surface area contributed by atoms with Crippen LogP contribution in [0, 0.1) is 0 Å². The number of esters is 1. The summed E-state index contributed by atoms with van der Waals surface area (Å²) in [5.74, 6) is -1.17. The first-order valence-electron chi connectivity index (χ1n) is 38.5. The molecule has 1 amide bonds. The molecule has 1 aliphatic heterocycles. The molecule has 0 aliphatic carbocycles. The molecule has 1 saturated heterocycles. The second-order valence-corrected chi connectivity index (χ2v) is 27.1. The van der Waals surface area contributed by atoms with E-state index in [0.717, 1.165) is 57.8 Å². The van der Waals surface area contributed by atoms with E-state index in [2.05, 4.69) is 26.1 Å². The van der Waals surface area contributed by atoms with Gasteiger partial charge in [-0.1, -0.05) is 380 Å². The van der Waals surface area contributed by atoms with E-state index in [1.807, 2.05) is 6.08 Å². The summed E-state index contributed by atoms with van der Waals surface area (Å²) in [6.45, 7) is 5.87. The van der Waals surface area contributed by atoms with Gasteiger partial charge >= 0.3 is 5.97 Å². The van der Waals surface area contributed by atoms with Crippen molar-refractivity contribution in [3.05, 3.63) is 12.2 Å². The summed E-state index contributed by atoms with van der Waals surface area (Å²) >= 11 is 0. The maximum absolute atomic E-state index is 13.5. The van der Waals surface area contributed by atoms with E-state index in [9.17, 15) is 35.1 Å². The Balaban J connectivity index is 2.47. The standard InChI is InChI=1S/C76H147NO10/c1-4-7-10-13-16-19-22-24-26-28-30-32-33-34-35-36-37-38-40-42-44-46-49-52-55-58-61-64-71(81)87-74-73(83)72(82)70(65-78)86-76(74)85-66-67(68(79)62-59-56-53-50-47-21-18-15-12-9-6-3)77-75(84)69(80)63-60-57-54-51-48-45-43-41-39-31-29-27-25-23-20-17-14-11-8-5-2/h59,62,67-70,72-74,76,78-80,82-83H,4-58,60-61,63-66H2,1-3H3,(H,77,84)/b62-59+. The fourth-order valence-corrected chi connectivity index (χ4v) is 12.7. The largest absolute Gasteiger partial charge is 0.454 e. The monoisotopic (exact) mass is 1230 g/mol. The number of rotatable bonds is 68. The molecule has 0 bridgehead atoms. The van der Waals surface area contributed by atoms with Crippen LogP contribution in [0.3, 0.4) is 0 Å². The van der Waals surface area contributed by atoms with E-state index in [-0.39, 0.29) is 13.0 Å². The highest BCUT2D eigenvalue weighted by Crippen LogP contribution is 2.27. The predicted molar refractivity (Wildman–Crippen MR) is 366 cm³/mol. The number of nitrogens with one attached hydrogen (secondary N) is 1. The molecule has 0 aromatic carbocycles. The van der Waals surface area contributed by atoms with Crippen molar-refractivity contribution in [2.75, 3.05) is 13.2 Å². The minimum atomic E-state index is -1.61. The van der Waals surface area contributed by atoms with Crippen LogP contribution >= 0.6 is 0 Å². The lowest BCUT2D eigenvalue weighted by molar-refractivity contribution is -0.305. The molecule has 0 aromatic rings. The van der Waals surface area contributed by atoms with Crippen molar-refractivity contribution in [2.24, 2.45) is 0 Å². The van der Waals surface area contributed by atoms with Crippen molar-refractivity contribution in [1.82, 2.24) is 5.32 Å². The van der Waals surface area contributed by atoms with Gasteiger partial charge in [-0.05, 0) is 25.7 Å². The molecule has 1 aliphatic rings. The first-order chi connectivity index (χ1) is 42.7. The smallest absolute Gasteiger partial charge is 0.306 e. The number of ether oxygens (including phenoxy) is 3. The van der Waals surface area contributed by atoms with Crippen LogP contribution in [0.4, 0.5) is 0 Å². The zero-order valence-corrected chi connectivity index (χ0v) is 57.7. The molecular weight excluding hydrogens is 1090 g/mol. The van der Waals surface area contributed by atoms with Gasteiger partial charge in [0.1, 0.15) is 24.4 Å². The van der Waals surface area contributed by atoms with Crippen molar-refractivity contribution in [3.8, 4) is 0 Å². The molecule has 516 valence electrons. The number of unbranched alkanes of at least 4 members (excludes halogenated alkanes) is 54. The minimum Gasteiger partial charge on any atom is -0.454 e. The first-order valence-corrected chi connectivity index (χ1v) is 38.5. The molecule has 6 N–H and O–H groups in total. The highest BCUT2D eigenvalue weighted by Gasteiger charge is 2.47. The van der Waals surface area contributed by atoms with E-state index >= 15 is 0 Å². The first kappa shape index (κ1) is 83.4. The van der Waals surface area contributed by atoms with Crippen LogP contribution in [0.25, 0.3) is 0 Å². The third kappa shape index (κ3) is 51.6. The number of allylic oxidation sites excluding steroid dienone is 1. The molecule has 8 atom stereocenters. The van der Waals surface area contributed by atoms with Crippen LogP contribution in [0.2, 0.25) is 0 Å². The van der Waals surface area contributed by atoms with E-state index in [1.165, 1.54) is 295 Å². The number of hydrogen-bond donors (Lipinski definition) is 6. The van der Waals surface area contributed by atoms with E-state index < -0.39 is 67.4 Å². The van der Waals surface area contributed by atoms with Gasteiger partial charge in [0, 0.05) is 6.42 Å². The minimum absolute atomic E-state index is 0.132. The lowest BCUT2D eigenvalue weighted by Crippen LogP contribution is -2.61. The fourth-order valence-electron chi connectivity index (χ4n) is 12.7. The Morgan fingerprint density at radius 1 is 0.437 bits per heavy atom. The Bertz CT molecular complexity index is 1470. The zero-order chi connectivity index (χ0) is 63.1. The van der Waals surface area contributed by atoms with Crippen LogP contribution in [-0.4, -0.2) is 99.6 Å². The summed E-state index contributed by atoms with van der Waals surface area (Å²) in [6, 6.07) is -1.02. The molecule has 0 radical (unpaired) electrons. The number of carbonyl (C=O) groups excluding carboxylic acids is 2. The normalized spacial score (nSPS) is 18.2. The third-order valence-electron chi connectivity index (χ3n) is 18.7. The summed E-state index contributed by atoms with van der Waals surface area (Å²) in [4.78, 5) is 26.7. The Morgan fingerprint density at radius 2 is 0.747 bits per heavy atom. The predicted octanol–water partition coefficient (Wildman–Crippen LogP) is 20.2. The molecule has 0 spiro atoms. The quantitative estimate of drug-likeness (QED) is 0.0195. The molecule has 87 heavy (non-hydrogen) atoms. The van der Waals surface area contributed by atoms with Crippen molar-refractivity contribution in [3.63, 3.8) is 0 Å². The summed E-state index contributed by atoms with van der Waals surface area (Å²) in [6.07, 6.45) is 67.1. The topological polar surface area (TPSA) is 175 Å². The van der Waals surface area contributed by atoms with Gasteiger partial charge in [-0.15, -0.1) is 0 Å². The van der Waals surface area contributed by atoms with Gasteiger partial charge in [0.25, 0.3) is 0 Å². The van der Waals surface area contributed by atoms with Crippen molar-refractivity contribution in [2.45, 2.75) is 449 Å². The Labute approximate surface area is 538 Å². The number of aliphatic hydroxyl groups excluding tert-OH is 5. The Kier molecular flexibility index (Phi) is 61.8. The van der Waals surface area contributed by atoms with Crippen molar-refractivity contribution < 1.29 is 49.3 Å². The summed E-state index contributed by atoms with van der Waals surface area (Å²) in [5, 5.41) is 57.3. The third-order valence-corrected chi connectivity index (χ3v) is 18.7. The lowest BCUT2D eigenvalue weighted by atomic mass is 9.99. The van der Waals surface area contributed by atoms with Gasteiger partial charge in [0.15, 0.2) is 12.4 Å². The Morgan fingerprint density at radius 3 is 1.08 bits per heavy atom. The van der Waals surface area contributed by atoms with Crippen LogP contribution in [0.15, 0.2) is 12.2 Å². The van der Waals surface area contributed by atoms with Gasteiger partial charge in [-0.3, -0.25) is 9.59 Å². The molecule has 8 unspecified atom stereocenters. The van der Waals surface area contributed by atoms with Crippen LogP contribution in [0.1, 0.15) is 400 Å². The molecule has 1 fully saturated rings. The van der Waals surface area contributed by atoms with Crippen LogP contribution < -0.4 is 5.32 Å². The van der Waals surface area contributed by atoms with E-state index in [4.69, 9.17) is 14.2 Å². The molecule has 11 nitrogen and oxygen atoms in total. The average Bonchev–Trinajstić information content (AvgIpc) is 3.70. The number of aliphatic hydroxyl groups is 5. The van der Waals surface area contributed by atoms with Crippen LogP contribution in [0.5, 0.6) is 0 Å². The van der Waals surface area contributed by atoms with Crippen LogP contribution in [-0.2, 0) is 23.8 Å². The van der Waals surface area contributed by atoms with Gasteiger partial charge < -0.3 is 45.1 Å².